The molecular weight excluding hydrogens is 272 g/mol. The first-order chi connectivity index (χ1) is 5.78. The van der Waals surface area contributed by atoms with Gasteiger partial charge in [0.2, 0.25) is 0 Å². The minimum absolute atomic E-state index is 0. The number of aliphatic hydroxyl groups is 1. The Balaban J connectivity index is -0.000000720. The molecule has 0 aliphatic rings. The summed E-state index contributed by atoms with van der Waals surface area (Å²) in [6, 6.07) is 0. The smallest absolute Gasteiger partial charge is 0 e. The number of hydrogen-bond acceptors (Lipinski definition) is 4. The zero-order valence-corrected chi connectivity index (χ0v) is 10.1. The van der Waals surface area contributed by atoms with E-state index in [0.717, 1.165) is 0 Å². The zero-order chi connectivity index (χ0) is 10.6. The van der Waals surface area contributed by atoms with E-state index in [1.807, 2.05) is 0 Å². The number of hydrogen-bond donors (Lipinski definition) is 4. The second-order valence-corrected chi connectivity index (χ2v) is 2.48. The van der Waals surface area contributed by atoms with Crippen LogP contribution >= 0.6 is 0 Å². The fraction of sp³-hybridized carbons (Fsp3) is 0.500. The summed E-state index contributed by atoms with van der Waals surface area (Å²) in [5.74, 6) is -5.02. The predicted octanol–water partition coefficient (Wildman–Crippen LogP) is -1.90. The molecule has 0 aromatic carbocycles. The van der Waals surface area contributed by atoms with Crippen LogP contribution in [0.3, 0.4) is 0 Å². The topological polar surface area (TPSA) is 132 Å². The predicted molar refractivity (Wildman–Crippen MR) is 44.2 cm³/mol. The van der Waals surface area contributed by atoms with Crippen LogP contribution in [0.15, 0.2) is 0 Å². The molecule has 0 aromatic rings. The van der Waals surface area contributed by atoms with Crippen molar-refractivity contribution in [2.45, 2.75) is 18.4 Å². The van der Waals surface area contributed by atoms with Gasteiger partial charge in [-0.2, -0.15) is 0 Å². The van der Waals surface area contributed by atoms with Crippen LogP contribution in [0.5, 0.6) is 0 Å². The first-order valence-corrected chi connectivity index (χ1v) is 3.17. The van der Waals surface area contributed by atoms with Gasteiger partial charge < -0.3 is 20.4 Å². The molecule has 0 amide bonds. The van der Waals surface area contributed by atoms with E-state index in [2.05, 4.69) is 0 Å². The maximum absolute atomic E-state index is 10.3. The van der Waals surface area contributed by atoms with E-state index >= 15 is 0 Å². The Bertz CT molecular complexity index is 238. The molecule has 0 aliphatic heterocycles. The Kier molecular flexibility index (Phi) is 11.1. The summed E-state index contributed by atoms with van der Waals surface area (Å²) in [6.07, 6.45) is -2.29. The Morgan fingerprint density at radius 2 is 1.20 bits per heavy atom. The fourth-order valence-electron chi connectivity index (χ4n) is 0.714. The third-order valence-corrected chi connectivity index (χ3v) is 1.29. The van der Waals surface area contributed by atoms with Crippen LogP contribution in [0.1, 0.15) is 12.8 Å². The van der Waals surface area contributed by atoms with Gasteiger partial charge >= 0.3 is 47.5 Å². The van der Waals surface area contributed by atoms with Crippen molar-refractivity contribution in [3.8, 4) is 0 Å². The van der Waals surface area contributed by atoms with E-state index in [4.69, 9.17) is 20.4 Å². The molecule has 0 rings (SSSR count). The summed E-state index contributed by atoms with van der Waals surface area (Å²) in [5.41, 5.74) is -2.74. The number of rotatable bonds is 5. The van der Waals surface area contributed by atoms with Crippen LogP contribution in [-0.2, 0) is 33.9 Å². The molecule has 4 N–H and O–H groups in total. The van der Waals surface area contributed by atoms with Gasteiger partial charge in [-0.05, 0) is 0 Å². The summed E-state index contributed by atoms with van der Waals surface area (Å²) < 4.78 is 0. The summed E-state index contributed by atoms with van der Waals surface area (Å²) in [7, 11) is 0. The quantitative estimate of drug-likeness (QED) is 0.433. The van der Waals surface area contributed by atoms with Crippen LogP contribution in [-0.4, -0.2) is 73.5 Å². The number of carboxylic acids is 3. The Hall–Kier alpha value is -0.00662. The zero-order valence-electron chi connectivity index (χ0n) is 7.13. The van der Waals surface area contributed by atoms with E-state index in [9.17, 15) is 14.4 Å². The van der Waals surface area contributed by atoms with E-state index in [1.165, 1.54) is 0 Å². The van der Waals surface area contributed by atoms with Crippen molar-refractivity contribution < 1.29 is 54.3 Å². The molecule has 0 saturated heterocycles. The second kappa shape index (κ2) is 8.18. The molecule has 15 heavy (non-hydrogen) atoms. The van der Waals surface area contributed by atoms with Gasteiger partial charge in [0.15, 0.2) is 5.60 Å². The summed E-state index contributed by atoms with van der Waals surface area (Å²) in [6.45, 7) is 0. The molecule has 0 heterocycles. The average Bonchev–Trinajstić information content (AvgIpc) is 1.82. The molecule has 9 heteroatoms. The molecule has 0 atom stereocenters. The van der Waals surface area contributed by atoms with Crippen molar-refractivity contribution in [2.75, 3.05) is 0 Å². The Labute approximate surface area is 120 Å². The largest absolute Gasteiger partial charge is 0 e. The standard InChI is InChI=1S/C6H8O7.Na.Zn.H/c7-3(8)1-6(13,5(11)12)2-4(9)10;;;/h13H,1-2H2,(H,7,8)(H,9,10)(H,11,12);;;. The van der Waals surface area contributed by atoms with E-state index in [1.54, 1.807) is 0 Å². The van der Waals surface area contributed by atoms with Gasteiger partial charge in [-0.25, -0.2) is 4.79 Å². The number of carboxylic acid groups (broad SMARTS) is 3. The van der Waals surface area contributed by atoms with Crippen molar-refractivity contribution in [1.29, 1.82) is 0 Å². The van der Waals surface area contributed by atoms with Crippen LogP contribution in [0.4, 0.5) is 0 Å². The maximum Gasteiger partial charge on any atom is 0 e. The van der Waals surface area contributed by atoms with Gasteiger partial charge in [0, 0.05) is 19.5 Å². The summed E-state index contributed by atoms with van der Waals surface area (Å²) >= 11 is 0. The van der Waals surface area contributed by atoms with Crippen molar-refractivity contribution in [1.82, 2.24) is 0 Å². The average molecular weight is 282 g/mol. The van der Waals surface area contributed by atoms with Crippen molar-refractivity contribution >= 4 is 47.5 Å². The molecule has 78 valence electrons. The Morgan fingerprint density at radius 3 is 1.33 bits per heavy atom. The van der Waals surface area contributed by atoms with Gasteiger partial charge in [0.25, 0.3) is 0 Å². The molecule has 0 saturated carbocycles. The maximum atomic E-state index is 10.3. The van der Waals surface area contributed by atoms with Crippen molar-refractivity contribution in [2.24, 2.45) is 0 Å². The van der Waals surface area contributed by atoms with Crippen LogP contribution in [0.2, 0.25) is 0 Å². The van der Waals surface area contributed by atoms with Crippen LogP contribution in [0, 0.1) is 0 Å². The van der Waals surface area contributed by atoms with Gasteiger partial charge in [-0.15, -0.1) is 0 Å². The molecule has 0 spiro atoms. The van der Waals surface area contributed by atoms with Gasteiger partial charge in [0.05, 0.1) is 12.8 Å². The molecule has 0 aromatic heterocycles. The Morgan fingerprint density at radius 1 is 0.933 bits per heavy atom. The van der Waals surface area contributed by atoms with E-state index in [-0.39, 0.29) is 49.0 Å². The molecule has 0 radical (unpaired) electrons. The normalized spacial score (nSPS) is 9.40. The molecule has 0 aliphatic carbocycles. The van der Waals surface area contributed by atoms with Gasteiger partial charge in [0.1, 0.15) is 0 Å². The minimum atomic E-state index is -2.74. The third-order valence-electron chi connectivity index (χ3n) is 1.29. The molecule has 0 unspecified atom stereocenters. The van der Waals surface area contributed by atoms with Crippen molar-refractivity contribution in [3.63, 3.8) is 0 Å². The van der Waals surface area contributed by atoms with Gasteiger partial charge in [-0.1, -0.05) is 0 Å². The monoisotopic (exact) mass is 280 g/mol. The minimum Gasteiger partial charge on any atom is 0 e. The van der Waals surface area contributed by atoms with Crippen LogP contribution in [0.25, 0.3) is 0 Å². The van der Waals surface area contributed by atoms with Gasteiger partial charge in [-0.3, -0.25) is 9.59 Å². The molecular formula is C6H9NaO7Zn. The number of aliphatic carboxylic acids is 3. The SMILES string of the molecule is O=C(O)CC(O)(CC(=O)O)C(=O)O.[NaH].[Zn]. The first-order valence-electron chi connectivity index (χ1n) is 3.17. The summed E-state index contributed by atoms with van der Waals surface area (Å²) in [5, 5.41) is 33.8. The second-order valence-electron chi connectivity index (χ2n) is 2.48. The van der Waals surface area contributed by atoms with E-state index in [0.29, 0.717) is 0 Å². The number of carbonyl (C=O) groups is 3. The molecule has 7 nitrogen and oxygen atoms in total. The summed E-state index contributed by atoms with van der Waals surface area (Å²) in [4.78, 5) is 30.5. The third kappa shape index (κ3) is 7.87. The van der Waals surface area contributed by atoms with E-state index < -0.39 is 36.4 Å². The van der Waals surface area contributed by atoms with Crippen LogP contribution < -0.4 is 0 Å². The fourth-order valence-corrected chi connectivity index (χ4v) is 0.714. The van der Waals surface area contributed by atoms with Crippen molar-refractivity contribution in [3.05, 3.63) is 0 Å². The first kappa shape index (κ1) is 20.4. The molecule has 0 bridgehead atoms. The molecule has 0 fully saturated rings.